The number of carbonyl (C=O) groups is 2. The van der Waals surface area contributed by atoms with Crippen molar-refractivity contribution in [3.63, 3.8) is 0 Å². The third-order valence-electron chi connectivity index (χ3n) is 3.76. The van der Waals surface area contributed by atoms with Crippen molar-refractivity contribution in [1.82, 2.24) is 10.2 Å². The number of nitrogens with zero attached hydrogens (tertiary/aromatic N) is 1. The largest absolute Gasteiger partial charge is 0.480 e. The summed E-state index contributed by atoms with van der Waals surface area (Å²) in [4.78, 5) is 24.7. The van der Waals surface area contributed by atoms with E-state index in [1.54, 1.807) is 0 Å². The number of hydrogen-bond donors (Lipinski definition) is 2. The number of hydrogen-bond acceptors (Lipinski definition) is 4. The van der Waals surface area contributed by atoms with Crippen LogP contribution in [0.1, 0.15) is 32.6 Å². The molecule has 0 aromatic carbocycles. The van der Waals surface area contributed by atoms with Gasteiger partial charge in [0.15, 0.2) is 0 Å². The van der Waals surface area contributed by atoms with E-state index < -0.39 is 12.0 Å². The SMILES string of the molecule is CC1SCC(C(=O)O)N1C(=O)NCCC1CCCCO1. The van der Waals surface area contributed by atoms with Crippen LogP contribution in [0, 0.1) is 0 Å². The molecule has 0 aliphatic carbocycles. The third kappa shape index (κ3) is 3.79. The van der Waals surface area contributed by atoms with E-state index in [0.29, 0.717) is 12.3 Å². The summed E-state index contributed by atoms with van der Waals surface area (Å²) in [5.74, 6) is -0.483. The van der Waals surface area contributed by atoms with Gasteiger partial charge in [0.1, 0.15) is 6.04 Å². The topological polar surface area (TPSA) is 78.9 Å². The number of aliphatic carboxylic acids is 1. The standard InChI is InChI=1S/C13H22N2O4S/c1-9-15(11(8-20-9)12(16)17)13(18)14-6-5-10-4-2-3-7-19-10/h9-11H,2-8H2,1H3,(H,14,18)(H,16,17). The van der Waals surface area contributed by atoms with E-state index in [1.807, 2.05) is 6.92 Å². The Kier molecular flexibility index (Phi) is 5.54. The van der Waals surface area contributed by atoms with Gasteiger partial charge in [0.25, 0.3) is 0 Å². The lowest BCUT2D eigenvalue weighted by atomic mass is 10.1. The fraction of sp³-hybridized carbons (Fsp3) is 0.846. The summed E-state index contributed by atoms with van der Waals surface area (Å²) in [5.41, 5.74) is 0. The van der Waals surface area contributed by atoms with Crippen LogP contribution in [0.2, 0.25) is 0 Å². The molecule has 2 N–H and O–H groups in total. The van der Waals surface area contributed by atoms with Gasteiger partial charge in [-0.15, -0.1) is 11.8 Å². The van der Waals surface area contributed by atoms with Gasteiger partial charge in [-0.1, -0.05) is 0 Å². The molecule has 0 spiro atoms. The van der Waals surface area contributed by atoms with Gasteiger partial charge in [0.05, 0.1) is 11.5 Å². The molecule has 114 valence electrons. The predicted molar refractivity (Wildman–Crippen MR) is 76.8 cm³/mol. The van der Waals surface area contributed by atoms with Gasteiger partial charge in [-0.05, 0) is 32.6 Å². The van der Waals surface area contributed by atoms with Crippen molar-refractivity contribution in [3.8, 4) is 0 Å². The number of amides is 2. The first-order valence-corrected chi connectivity index (χ1v) is 8.16. The number of carboxylic acids is 1. The van der Waals surface area contributed by atoms with Gasteiger partial charge in [-0.2, -0.15) is 0 Å². The maximum Gasteiger partial charge on any atom is 0.327 e. The minimum atomic E-state index is -0.937. The zero-order valence-corrected chi connectivity index (χ0v) is 12.5. The Labute approximate surface area is 123 Å². The Hall–Kier alpha value is -0.950. The highest BCUT2D eigenvalue weighted by atomic mass is 32.2. The van der Waals surface area contributed by atoms with Crippen LogP contribution in [0.4, 0.5) is 4.79 Å². The van der Waals surface area contributed by atoms with Gasteiger partial charge in [-0.3, -0.25) is 4.90 Å². The molecule has 2 saturated heterocycles. The van der Waals surface area contributed by atoms with E-state index in [4.69, 9.17) is 9.84 Å². The maximum absolute atomic E-state index is 12.1. The van der Waals surface area contributed by atoms with Crippen molar-refractivity contribution < 1.29 is 19.4 Å². The highest BCUT2D eigenvalue weighted by Gasteiger charge is 2.39. The average molecular weight is 302 g/mol. The monoisotopic (exact) mass is 302 g/mol. The molecule has 2 amide bonds. The highest BCUT2D eigenvalue weighted by Crippen LogP contribution is 2.28. The number of carboxylic acid groups (broad SMARTS) is 1. The van der Waals surface area contributed by atoms with Crippen LogP contribution in [0.25, 0.3) is 0 Å². The van der Waals surface area contributed by atoms with Gasteiger partial charge in [-0.25, -0.2) is 9.59 Å². The first kappa shape index (κ1) is 15.4. The lowest BCUT2D eigenvalue weighted by molar-refractivity contribution is -0.141. The molecule has 0 radical (unpaired) electrons. The Balaban J connectivity index is 1.76. The minimum Gasteiger partial charge on any atom is -0.480 e. The molecule has 20 heavy (non-hydrogen) atoms. The van der Waals surface area contributed by atoms with E-state index >= 15 is 0 Å². The molecule has 0 aromatic rings. The van der Waals surface area contributed by atoms with Gasteiger partial charge >= 0.3 is 12.0 Å². The van der Waals surface area contributed by atoms with E-state index in [2.05, 4.69) is 5.32 Å². The number of nitrogens with one attached hydrogen (secondary N) is 1. The molecular formula is C13H22N2O4S. The smallest absolute Gasteiger partial charge is 0.327 e. The molecule has 0 bridgehead atoms. The van der Waals surface area contributed by atoms with Gasteiger partial charge < -0.3 is 15.2 Å². The summed E-state index contributed by atoms with van der Waals surface area (Å²) in [5, 5.41) is 11.8. The predicted octanol–water partition coefficient (Wildman–Crippen LogP) is 1.50. The van der Waals surface area contributed by atoms with Gasteiger partial charge in [0, 0.05) is 18.9 Å². The third-order valence-corrected chi connectivity index (χ3v) is 4.98. The number of carbonyl (C=O) groups excluding carboxylic acids is 1. The Morgan fingerprint density at radius 3 is 2.90 bits per heavy atom. The Morgan fingerprint density at radius 1 is 1.45 bits per heavy atom. The number of ether oxygens (including phenoxy) is 1. The lowest BCUT2D eigenvalue weighted by Gasteiger charge is -2.26. The minimum absolute atomic E-state index is 0.0953. The molecule has 0 aromatic heterocycles. The van der Waals surface area contributed by atoms with Crippen LogP contribution in [-0.2, 0) is 9.53 Å². The molecule has 2 rings (SSSR count). The second kappa shape index (κ2) is 7.17. The first-order valence-electron chi connectivity index (χ1n) is 7.11. The molecule has 7 heteroatoms. The molecule has 2 aliphatic rings. The van der Waals surface area contributed by atoms with Crippen LogP contribution in [0.15, 0.2) is 0 Å². The second-order valence-corrected chi connectivity index (χ2v) is 6.55. The van der Waals surface area contributed by atoms with Crippen molar-refractivity contribution in [2.45, 2.75) is 50.1 Å². The van der Waals surface area contributed by atoms with Crippen LogP contribution in [-0.4, -0.2) is 58.4 Å². The first-order chi connectivity index (χ1) is 9.59. The second-order valence-electron chi connectivity index (χ2n) is 5.20. The van der Waals surface area contributed by atoms with Crippen molar-refractivity contribution in [3.05, 3.63) is 0 Å². The van der Waals surface area contributed by atoms with Crippen molar-refractivity contribution >= 4 is 23.8 Å². The summed E-state index contributed by atoms with van der Waals surface area (Å²) in [6.07, 6.45) is 4.36. The van der Waals surface area contributed by atoms with Crippen LogP contribution < -0.4 is 5.32 Å². The molecule has 2 heterocycles. The summed E-state index contributed by atoms with van der Waals surface area (Å²) in [6, 6.07) is -1.01. The molecule has 3 atom stereocenters. The fourth-order valence-corrected chi connectivity index (χ4v) is 3.78. The molecule has 3 unspecified atom stereocenters. The zero-order valence-electron chi connectivity index (χ0n) is 11.7. The summed E-state index contributed by atoms with van der Waals surface area (Å²) in [7, 11) is 0. The van der Waals surface area contributed by atoms with Gasteiger partial charge in [0.2, 0.25) is 0 Å². The number of thioether (sulfide) groups is 1. The Bertz CT molecular complexity index is 360. The summed E-state index contributed by atoms with van der Waals surface area (Å²) >= 11 is 1.49. The van der Waals surface area contributed by atoms with Crippen LogP contribution in [0.5, 0.6) is 0 Å². The van der Waals surface area contributed by atoms with Crippen molar-refractivity contribution in [1.29, 1.82) is 0 Å². The lowest BCUT2D eigenvalue weighted by Crippen LogP contribution is -2.49. The fourth-order valence-electron chi connectivity index (χ4n) is 2.61. The molecular weight excluding hydrogens is 280 g/mol. The van der Waals surface area contributed by atoms with E-state index in [9.17, 15) is 9.59 Å². The molecule has 2 aliphatic heterocycles. The van der Waals surface area contributed by atoms with Crippen LogP contribution in [0.3, 0.4) is 0 Å². The highest BCUT2D eigenvalue weighted by molar-refractivity contribution is 8.00. The number of rotatable bonds is 4. The van der Waals surface area contributed by atoms with E-state index in [-0.39, 0.29) is 17.5 Å². The van der Waals surface area contributed by atoms with E-state index in [0.717, 1.165) is 25.9 Å². The molecule has 0 saturated carbocycles. The quantitative estimate of drug-likeness (QED) is 0.823. The van der Waals surface area contributed by atoms with E-state index in [1.165, 1.54) is 23.1 Å². The average Bonchev–Trinajstić information content (AvgIpc) is 2.82. The maximum atomic E-state index is 12.1. The summed E-state index contributed by atoms with van der Waals surface area (Å²) in [6.45, 7) is 3.20. The van der Waals surface area contributed by atoms with Crippen molar-refractivity contribution in [2.75, 3.05) is 18.9 Å². The Morgan fingerprint density at radius 2 is 2.25 bits per heavy atom. The van der Waals surface area contributed by atoms with Crippen molar-refractivity contribution in [2.24, 2.45) is 0 Å². The van der Waals surface area contributed by atoms with Crippen LogP contribution >= 0.6 is 11.8 Å². The molecule has 6 nitrogen and oxygen atoms in total. The molecule has 2 fully saturated rings. The normalized spacial score (nSPS) is 30.2. The summed E-state index contributed by atoms with van der Waals surface area (Å²) < 4.78 is 5.60. The number of urea groups is 1. The zero-order chi connectivity index (χ0) is 14.5.